The van der Waals surface area contributed by atoms with E-state index in [2.05, 4.69) is 18.7 Å². The van der Waals surface area contributed by atoms with Crippen LogP contribution in [0, 0.1) is 0 Å². The van der Waals surface area contributed by atoms with Gasteiger partial charge in [0.05, 0.1) is 6.10 Å². The van der Waals surface area contributed by atoms with Crippen LogP contribution < -0.4 is 0 Å². The third-order valence-electron chi connectivity index (χ3n) is 3.20. The molecule has 0 aromatic rings. The summed E-state index contributed by atoms with van der Waals surface area (Å²) in [7, 11) is 0. The van der Waals surface area contributed by atoms with Crippen molar-refractivity contribution in [3.05, 3.63) is 0 Å². The fourth-order valence-electron chi connectivity index (χ4n) is 2.47. The number of hydrogen-bond acceptors (Lipinski definition) is 2. The molecule has 1 aliphatic carbocycles. The Morgan fingerprint density at radius 1 is 1.00 bits per heavy atom. The quantitative estimate of drug-likeness (QED) is 0.735. The minimum absolute atomic E-state index is 0.0173. The average Bonchev–Trinajstić information content (AvgIpc) is 2.19. The highest BCUT2D eigenvalue weighted by Gasteiger charge is 2.23. The maximum Gasteiger partial charge on any atom is 0.0541 e. The van der Waals surface area contributed by atoms with Gasteiger partial charge in [-0.25, -0.2) is 0 Å². The fraction of sp³-hybridized carbons (Fsp3) is 1.00. The second-order valence-corrected chi connectivity index (χ2v) is 4.50. The molecular weight excluding hydrogens is 174 g/mol. The van der Waals surface area contributed by atoms with Crippen LogP contribution in [0.15, 0.2) is 0 Å². The third-order valence-corrected chi connectivity index (χ3v) is 3.20. The summed E-state index contributed by atoms with van der Waals surface area (Å²) >= 11 is 0. The van der Waals surface area contributed by atoms with Crippen molar-refractivity contribution in [1.82, 2.24) is 4.90 Å². The topological polar surface area (TPSA) is 23.5 Å². The normalized spacial score (nSPS) is 28.3. The summed E-state index contributed by atoms with van der Waals surface area (Å²) in [4.78, 5) is 2.62. The molecule has 84 valence electrons. The van der Waals surface area contributed by atoms with Crippen molar-refractivity contribution < 1.29 is 5.11 Å². The van der Waals surface area contributed by atoms with Crippen LogP contribution in [0.3, 0.4) is 0 Å². The zero-order valence-corrected chi connectivity index (χ0v) is 9.71. The Morgan fingerprint density at radius 2 is 1.50 bits per heavy atom. The summed E-state index contributed by atoms with van der Waals surface area (Å²) in [5.74, 6) is 0. The number of aliphatic hydroxyl groups is 1. The monoisotopic (exact) mass is 199 g/mol. The average molecular weight is 199 g/mol. The van der Waals surface area contributed by atoms with Gasteiger partial charge in [-0.2, -0.15) is 0 Å². The second kappa shape index (κ2) is 6.41. The summed E-state index contributed by atoms with van der Waals surface area (Å²) in [6.45, 7) is 6.96. The predicted molar refractivity (Wildman–Crippen MR) is 60.4 cm³/mol. The number of aliphatic hydroxyl groups excluding tert-OH is 1. The third kappa shape index (κ3) is 3.58. The van der Waals surface area contributed by atoms with Crippen molar-refractivity contribution in [2.24, 2.45) is 0 Å². The molecule has 0 aromatic heterocycles. The van der Waals surface area contributed by atoms with Gasteiger partial charge in [0, 0.05) is 6.04 Å². The largest absolute Gasteiger partial charge is 0.393 e. The van der Waals surface area contributed by atoms with Gasteiger partial charge in [0.25, 0.3) is 0 Å². The molecule has 2 nitrogen and oxygen atoms in total. The predicted octanol–water partition coefficient (Wildman–Crippen LogP) is 2.41. The number of rotatable bonds is 5. The minimum Gasteiger partial charge on any atom is -0.393 e. The smallest absolute Gasteiger partial charge is 0.0541 e. The van der Waals surface area contributed by atoms with Gasteiger partial charge >= 0.3 is 0 Å². The lowest BCUT2D eigenvalue weighted by Gasteiger charge is -2.35. The fourth-order valence-corrected chi connectivity index (χ4v) is 2.47. The molecule has 1 saturated carbocycles. The molecule has 0 atom stereocenters. The lowest BCUT2D eigenvalue weighted by atomic mass is 9.92. The number of hydrogen-bond donors (Lipinski definition) is 1. The van der Waals surface area contributed by atoms with Crippen LogP contribution in [0.25, 0.3) is 0 Å². The molecule has 2 heteroatoms. The Bertz CT molecular complexity index is 135. The van der Waals surface area contributed by atoms with Crippen LogP contribution in [0.1, 0.15) is 52.4 Å². The highest BCUT2D eigenvalue weighted by atomic mass is 16.3. The Kier molecular flexibility index (Phi) is 5.49. The molecule has 1 aliphatic rings. The van der Waals surface area contributed by atoms with E-state index in [4.69, 9.17) is 0 Å². The van der Waals surface area contributed by atoms with E-state index in [9.17, 15) is 5.11 Å². The van der Waals surface area contributed by atoms with Gasteiger partial charge in [-0.1, -0.05) is 13.8 Å². The first-order chi connectivity index (χ1) is 6.77. The molecule has 0 unspecified atom stereocenters. The summed E-state index contributed by atoms with van der Waals surface area (Å²) < 4.78 is 0. The highest BCUT2D eigenvalue weighted by Crippen LogP contribution is 2.23. The standard InChI is InChI=1S/C12H25NO/c1-3-9-13(10-4-2)11-5-7-12(14)8-6-11/h11-12,14H,3-10H2,1-2H3/t11-,12-. The summed E-state index contributed by atoms with van der Waals surface area (Å²) in [5.41, 5.74) is 0. The van der Waals surface area contributed by atoms with E-state index in [-0.39, 0.29) is 6.10 Å². The van der Waals surface area contributed by atoms with E-state index in [0.29, 0.717) is 0 Å². The van der Waals surface area contributed by atoms with E-state index in [0.717, 1.165) is 18.9 Å². The second-order valence-electron chi connectivity index (χ2n) is 4.50. The molecule has 0 heterocycles. The molecule has 1 fully saturated rings. The summed E-state index contributed by atoms with van der Waals surface area (Å²) in [6, 6.07) is 0.748. The zero-order chi connectivity index (χ0) is 10.4. The van der Waals surface area contributed by atoms with Gasteiger partial charge in [-0.05, 0) is 51.6 Å². The van der Waals surface area contributed by atoms with Crippen molar-refractivity contribution in [2.75, 3.05) is 13.1 Å². The van der Waals surface area contributed by atoms with Crippen LogP contribution in [-0.2, 0) is 0 Å². The van der Waals surface area contributed by atoms with E-state index >= 15 is 0 Å². The zero-order valence-electron chi connectivity index (χ0n) is 9.71. The van der Waals surface area contributed by atoms with Crippen molar-refractivity contribution in [1.29, 1.82) is 0 Å². The first kappa shape index (κ1) is 12.0. The van der Waals surface area contributed by atoms with Crippen LogP contribution in [0.4, 0.5) is 0 Å². The molecule has 14 heavy (non-hydrogen) atoms. The first-order valence-corrected chi connectivity index (χ1v) is 6.20. The van der Waals surface area contributed by atoms with Crippen LogP contribution >= 0.6 is 0 Å². The van der Waals surface area contributed by atoms with Gasteiger partial charge in [0.1, 0.15) is 0 Å². The van der Waals surface area contributed by atoms with Gasteiger partial charge in [-0.15, -0.1) is 0 Å². The molecule has 0 spiro atoms. The lowest BCUT2D eigenvalue weighted by molar-refractivity contribution is 0.0736. The maximum atomic E-state index is 9.45. The van der Waals surface area contributed by atoms with E-state index in [1.165, 1.54) is 38.8 Å². The summed E-state index contributed by atoms with van der Waals surface area (Å²) in [5, 5.41) is 9.45. The van der Waals surface area contributed by atoms with Crippen molar-refractivity contribution in [3.8, 4) is 0 Å². The molecule has 0 amide bonds. The Labute approximate surface area is 88.3 Å². The lowest BCUT2D eigenvalue weighted by Crippen LogP contribution is -2.39. The molecule has 0 bridgehead atoms. The van der Waals surface area contributed by atoms with Gasteiger partial charge in [0.2, 0.25) is 0 Å². The molecule has 0 radical (unpaired) electrons. The van der Waals surface area contributed by atoms with Gasteiger partial charge < -0.3 is 10.0 Å². The van der Waals surface area contributed by atoms with Crippen molar-refractivity contribution >= 4 is 0 Å². The van der Waals surface area contributed by atoms with Crippen molar-refractivity contribution in [3.63, 3.8) is 0 Å². The Balaban J connectivity index is 2.34. The first-order valence-electron chi connectivity index (χ1n) is 6.20. The molecule has 1 rings (SSSR count). The molecule has 0 saturated heterocycles. The number of nitrogens with zero attached hydrogens (tertiary/aromatic N) is 1. The van der Waals surface area contributed by atoms with E-state index < -0.39 is 0 Å². The molecule has 0 aliphatic heterocycles. The van der Waals surface area contributed by atoms with Crippen LogP contribution in [0.5, 0.6) is 0 Å². The molecule has 1 N–H and O–H groups in total. The SMILES string of the molecule is CCCN(CCC)[C@H]1CC[C@H](O)CC1. The van der Waals surface area contributed by atoms with Crippen molar-refractivity contribution in [2.45, 2.75) is 64.5 Å². The van der Waals surface area contributed by atoms with E-state index in [1.54, 1.807) is 0 Å². The van der Waals surface area contributed by atoms with Gasteiger partial charge in [0.15, 0.2) is 0 Å². The Hall–Kier alpha value is -0.0800. The molecule has 0 aromatic carbocycles. The van der Waals surface area contributed by atoms with E-state index in [1.807, 2.05) is 0 Å². The van der Waals surface area contributed by atoms with Crippen LogP contribution in [0.2, 0.25) is 0 Å². The van der Waals surface area contributed by atoms with Gasteiger partial charge in [-0.3, -0.25) is 0 Å². The van der Waals surface area contributed by atoms with Crippen LogP contribution in [-0.4, -0.2) is 35.2 Å². The minimum atomic E-state index is -0.0173. The molecular formula is C12H25NO. The maximum absolute atomic E-state index is 9.45. The highest BCUT2D eigenvalue weighted by molar-refractivity contribution is 4.79. The Morgan fingerprint density at radius 3 is 1.93 bits per heavy atom. The summed E-state index contributed by atoms with van der Waals surface area (Å²) in [6.07, 6.45) is 6.89.